The van der Waals surface area contributed by atoms with Gasteiger partial charge in [-0.15, -0.1) is 0 Å². The average molecular weight is 223 g/mol. The van der Waals surface area contributed by atoms with E-state index in [0.29, 0.717) is 6.42 Å². The van der Waals surface area contributed by atoms with Crippen molar-refractivity contribution in [3.8, 4) is 0 Å². The molecular formula is C8H17NO4S. The molecule has 0 amide bonds. The molecule has 0 saturated heterocycles. The van der Waals surface area contributed by atoms with E-state index in [9.17, 15) is 13.2 Å². The third kappa shape index (κ3) is 5.93. The maximum absolute atomic E-state index is 11.2. The van der Waals surface area contributed by atoms with E-state index < -0.39 is 22.0 Å². The van der Waals surface area contributed by atoms with Crippen molar-refractivity contribution in [2.24, 2.45) is 0 Å². The van der Waals surface area contributed by atoms with E-state index >= 15 is 0 Å². The van der Waals surface area contributed by atoms with Gasteiger partial charge in [0.2, 0.25) is 10.0 Å². The number of hydrogen-bond acceptors (Lipinski definition) is 3. The van der Waals surface area contributed by atoms with Gasteiger partial charge < -0.3 is 5.11 Å². The van der Waals surface area contributed by atoms with Gasteiger partial charge in [-0.1, -0.05) is 19.8 Å². The molecule has 84 valence electrons. The zero-order valence-corrected chi connectivity index (χ0v) is 9.30. The van der Waals surface area contributed by atoms with Crippen molar-refractivity contribution in [2.75, 3.05) is 5.75 Å². The molecule has 0 bridgehead atoms. The molecule has 0 heterocycles. The molecule has 0 aromatic rings. The Morgan fingerprint density at radius 1 is 1.43 bits per heavy atom. The minimum absolute atomic E-state index is 0.00153. The number of hydrogen-bond donors (Lipinski definition) is 2. The topological polar surface area (TPSA) is 83.5 Å². The molecule has 0 rings (SSSR count). The molecular weight excluding hydrogens is 206 g/mol. The second kappa shape index (κ2) is 5.98. The first kappa shape index (κ1) is 13.4. The summed E-state index contributed by atoms with van der Waals surface area (Å²) in [6.07, 6.45) is 2.34. The minimum atomic E-state index is -3.43. The van der Waals surface area contributed by atoms with Crippen LogP contribution >= 0.6 is 0 Å². The third-order valence-electron chi connectivity index (χ3n) is 1.74. The lowest BCUT2D eigenvalue weighted by atomic mass is 10.3. The Hall–Kier alpha value is -0.620. The highest BCUT2D eigenvalue weighted by Crippen LogP contribution is 1.98. The molecule has 6 heteroatoms. The van der Waals surface area contributed by atoms with Gasteiger partial charge in [0.25, 0.3) is 0 Å². The Kier molecular flexibility index (Phi) is 5.71. The predicted octanol–water partition coefficient (Wildman–Crippen LogP) is 0.569. The van der Waals surface area contributed by atoms with Crippen LogP contribution in [-0.2, 0) is 14.8 Å². The third-order valence-corrected chi connectivity index (χ3v) is 3.28. The standard InChI is InChI=1S/C8H17NO4S/c1-3-4-5-6-14(12,13)9-7(2)8(10)11/h7,9H,3-6H2,1-2H3,(H,10,11). The molecule has 5 nitrogen and oxygen atoms in total. The van der Waals surface area contributed by atoms with Crippen molar-refractivity contribution >= 4 is 16.0 Å². The largest absolute Gasteiger partial charge is 0.480 e. The summed E-state index contributed by atoms with van der Waals surface area (Å²) in [4.78, 5) is 10.4. The average Bonchev–Trinajstić information content (AvgIpc) is 2.03. The molecule has 0 fully saturated rings. The van der Waals surface area contributed by atoms with Gasteiger partial charge >= 0.3 is 5.97 Å². The monoisotopic (exact) mass is 223 g/mol. The highest BCUT2D eigenvalue weighted by molar-refractivity contribution is 7.89. The second-order valence-corrected chi connectivity index (χ2v) is 5.08. The van der Waals surface area contributed by atoms with Crippen LogP contribution in [0.15, 0.2) is 0 Å². The van der Waals surface area contributed by atoms with Crippen molar-refractivity contribution < 1.29 is 18.3 Å². The summed E-state index contributed by atoms with van der Waals surface area (Å²) in [6, 6.07) is -1.05. The van der Waals surface area contributed by atoms with E-state index in [1.165, 1.54) is 6.92 Å². The Bertz CT molecular complexity index is 273. The maximum Gasteiger partial charge on any atom is 0.321 e. The molecule has 0 spiro atoms. The van der Waals surface area contributed by atoms with Gasteiger partial charge in [0.15, 0.2) is 0 Å². The summed E-state index contributed by atoms with van der Waals surface area (Å²) in [5, 5.41) is 8.49. The lowest BCUT2D eigenvalue weighted by Crippen LogP contribution is -2.39. The van der Waals surface area contributed by atoms with Crippen molar-refractivity contribution in [3.63, 3.8) is 0 Å². The van der Waals surface area contributed by atoms with Crippen molar-refractivity contribution in [2.45, 2.75) is 39.2 Å². The molecule has 0 aliphatic carbocycles. The van der Waals surface area contributed by atoms with Crippen LogP contribution in [0.5, 0.6) is 0 Å². The molecule has 0 aliphatic heterocycles. The second-order valence-electron chi connectivity index (χ2n) is 3.20. The van der Waals surface area contributed by atoms with E-state index in [0.717, 1.165) is 12.8 Å². The molecule has 0 aliphatic rings. The smallest absolute Gasteiger partial charge is 0.321 e. The quantitative estimate of drug-likeness (QED) is 0.618. The fourth-order valence-corrected chi connectivity index (χ4v) is 2.26. The van der Waals surface area contributed by atoms with Crippen LogP contribution in [0.2, 0.25) is 0 Å². The SMILES string of the molecule is CCCCCS(=O)(=O)NC(C)C(=O)O. The van der Waals surface area contributed by atoms with Crippen LogP contribution < -0.4 is 4.72 Å². The molecule has 0 aromatic heterocycles. The molecule has 0 radical (unpaired) electrons. The predicted molar refractivity (Wildman–Crippen MR) is 53.5 cm³/mol. The van der Waals surface area contributed by atoms with Crippen LogP contribution in [0.1, 0.15) is 33.1 Å². The first-order valence-electron chi connectivity index (χ1n) is 4.62. The summed E-state index contributed by atoms with van der Waals surface area (Å²) >= 11 is 0. The Morgan fingerprint density at radius 2 is 2.00 bits per heavy atom. The van der Waals surface area contributed by atoms with Crippen molar-refractivity contribution in [1.29, 1.82) is 0 Å². The summed E-state index contributed by atoms with van der Waals surface area (Å²) in [6.45, 7) is 3.28. The molecule has 0 aromatic carbocycles. The number of carboxylic acid groups (broad SMARTS) is 1. The number of unbranched alkanes of at least 4 members (excludes halogenated alkanes) is 2. The van der Waals surface area contributed by atoms with Gasteiger partial charge in [0, 0.05) is 0 Å². The van der Waals surface area contributed by atoms with Gasteiger partial charge in [-0.3, -0.25) is 4.79 Å². The number of aliphatic carboxylic acids is 1. The summed E-state index contributed by atoms with van der Waals surface area (Å²) in [7, 11) is -3.43. The Morgan fingerprint density at radius 3 is 2.43 bits per heavy atom. The Balaban J connectivity index is 4.01. The van der Waals surface area contributed by atoms with Crippen molar-refractivity contribution in [1.82, 2.24) is 4.72 Å². The van der Waals surface area contributed by atoms with E-state index in [1.807, 2.05) is 6.92 Å². The van der Waals surface area contributed by atoms with Gasteiger partial charge in [-0.25, -0.2) is 13.1 Å². The highest BCUT2D eigenvalue weighted by Gasteiger charge is 2.18. The lowest BCUT2D eigenvalue weighted by molar-refractivity contribution is -0.138. The van der Waals surface area contributed by atoms with E-state index in [1.54, 1.807) is 0 Å². The van der Waals surface area contributed by atoms with E-state index in [-0.39, 0.29) is 5.75 Å². The number of sulfonamides is 1. The Labute approximate surface area is 84.6 Å². The summed E-state index contributed by atoms with van der Waals surface area (Å²) in [5.41, 5.74) is 0. The van der Waals surface area contributed by atoms with Crippen LogP contribution in [0.4, 0.5) is 0 Å². The fraction of sp³-hybridized carbons (Fsp3) is 0.875. The summed E-state index contributed by atoms with van der Waals surface area (Å²) in [5.74, 6) is -1.16. The molecule has 0 saturated carbocycles. The zero-order valence-electron chi connectivity index (χ0n) is 8.49. The van der Waals surface area contributed by atoms with Gasteiger partial charge in [-0.05, 0) is 13.3 Å². The minimum Gasteiger partial charge on any atom is -0.480 e. The maximum atomic E-state index is 11.2. The van der Waals surface area contributed by atoms with Crippen LogP contribution in [0.3, 0.4) is 0 Å². The van der Waals surface area contributed by atoms with Crippen LogP contribution in [0.25, 0.3) is 0 Å². The molecule has 1 unspecified atom stereocenters. The normalized spacial score (nSPS) is 13.9. The van der Waals surface area contributed by atoms with Gasteiger partial charge in [-0.2, -0.15) is 0 Å². The van der Waals surface area contributed by atoms with E-state index in [4.69, 9.17) is 5.11 Å². The fourth-order valence-electron chi connectivity index (χ4n) is 0.921. The molecule has 2 N–H and O–H groups in total. The molecule has 1 atom stereocenters. The number of rotatable bonds is 7. The number of nitrogens with one attached hydrogen (secondary N) is 1. The first-order valence-corrected chi connectivity index (χ1v) is 6.27. The molecule has 14 heavy (non-hydrogen) atoms. The van der Waals surface area contributed by atoms with Gasteiger partial charge in [0.1, 0.15) is 6.04 Å². The number of carboxylic acids is 1. The van der Waals surface area contributed by atoms with Crippen molar-refractivity contribution in [3.05, 3.63) is 0 Å². The highest BCUT2D eigenvalue weighted by atomic mass is 32.2. The zero-order chi connectivity index (χ0) is 11.2. The van der Waals surface area contributed by atoms with Crippen LogP contribution in [0, 0.1) is 0 Å². The van der Waals surface area contributed by atoms with Gasteiger partial charge in [0.05, 0.1) is 5.75 Å². The first-order chi connectivity index (χ1) is 6.39. The van der Waals surface area contributed by atoms with Crippen LogP contribution in [-0.4, -0.2) is 31.3 Å². The van der Waals surface area contributed by atoms with E-state index in [2.05, 4.69) is 4.72 Å². The number of carbonyl (C=O) groups is 1. The summed E-state index contributed by atoms with van der Waals surface area (Å²) < 4.78 is 24.6. The lowest BCUT2D eigenvalue weighted by Gasteiger charge is -2.09.